The van der Waals surface area contributed by atoms with Crippen LogP contribution in [0.25, 0.3) is 0 Å². The summed E-state index contributed by atoms with van der Waals surface area (Å²) in [5, 5.41) is 8.31. The third-order valence-electron chi connectivity index (χ3n) is 5.04. The number of Topliss-reactive ketones (excluding diaryl/α,β-unsaturated/α-hetero) is 1. The summed E-state index contributed by atoms with van der Waals surface area (Å²) < 4.78 is 14.2. The molecule has 0 unspecified atom stereocenters. The largest absolute Gasteiger partial charge is 0.355 e. The highest BCUT2D eigenvalue weighted by atomic mass is 19.1. The number of hydrogen-bond donors (Lipinski definition) is 0. The van der Waals surface area contributed by atoms with Crippen molar-refractivity contribution >= 4 is 11.6 Å². The number of halogens is 1. The molecule has 1 fully saturated rings. The first-order valence-electron chi connectivity index (χ1n) is 9.27. The molecule has 2 heterocycles. The molecule has 4 nitrogen and oxygen atoms in total. The lowest BCUT2D eigenvalue weighted by molar-refractivity contribution is -0.119. The Morgan fingerprint density at radius 2 is 2.08 bits per heavy atom. The van der Waals surface area contributed by atoms with Gasteiger partial charge in [0.15, 0.2) is 5.82 Å². The Hall–Kier alpha value is -2.30. The van der Waals surface area contributed by atoms with E-state index in [1.807, 2.05) is 39.0 Å². The number of rotatable bonds is 6. The third kappa shape index (κ3) is 4.45. The minimum atomic E-state index is -0.271. The topological polar surface area (TPSA) is 46.1 Å². The summed E-state index contributed by atoms with van der Waals surface area (Å²) in [5.74, 6) is 1.27. The summed E-state index contributed by atoms with van der Waals surface area (Å²) in [6.07, 6.45) is 1.61. The molecule has 3 rings (SSSR count). The van der Waals surface area contributed by atoms with Crippen LogP contribution < -0.4 is 4.90 Å². The lowest BCUT2D eigenvalue weighted by atomic mass is 9.95. The van der Waals surface area contributed by atoms with E-state index in [9.17, 15) is 9.18 Å². The van der Waals surface area contributed by atoms with E-state index in [4.69, 9.17) is 0 Å². The molecular weight excluding hydrogens is 329 g/mol. The summed E-state index contributed by atoms with van der Waals surface area (Å²) in [7, 11) is 0. The first-order chi connectivity index (χ1) is 12.4. The third-order valence-corrected chi connectivity index (χ3v) is 5.04. The average molecular weight is 355 g/mol. The van der Waals surface area contributed by atoms with E-state index in [1.165, 1.54) is 0 Å². The van der Waals surface area contributed by atoms with Gasteiger partial charge in [-0.25, -0.2) is 4.39 Å². The number of carbonyl (C=O) groups is 1. The van der Waals surface area contributed by atoms with Gasteiger partial charge in [-0.1, -0.05) is 26.0 Å². The minimum Gasteiger partial charge on any atom is -0.355 e. The summed E-state index contributed by atoms with van der Waals surface area (Å²) in [5.41, 5.74) is 2.35. The van der Waals surface area contributed by atoms with Gasteiger partial charge < -0.3 is 4.90 Å². The second-order valence-corrected chi connectivity index (χ2v) is 7.56. The molecule has 1 aromatic heterocycles. The van der Waals surface area contributed by atoms with Gasteiger partial charge in [-0.05, 0) is 54.5 Å². The zero-order valence-corrected chi connectivity index (χ0v) is 15.7. The van der Waals surface area contributed by atoms with Gasteiger partial charge in [0.25, 0.3) is 0 Å². The van der Waals surface area contributed by atoms with Crippen molar-refractivity contribution in [3.05, 3.63) is 53.0 Å². The van der Waals surface area contributed by atoms with Crippen LogP contribution in [-0.4, -0.2) is 29.1 Å². The van der Waals surface area contributed by atoms with Crippen LogP contribution in [0.4, 0.5) is 10.2 Å². The Morgan fingerprint density at radius 1 is 1.27 bits per heavy atom. The fraction of sp³-hybridized carbons (Fsp3) is 0.476. The second kappa shape index (κ2) is 7.94. The van der Waals surface area contributed by atoms with Crippen LogP contribution >= 0.6 is 0 Å². The van der Waals surface area contributed by atoms with Crippen molar-refractivity contribution < 1.29 is 9.18 Å². The number of nitrogens with zero attached hydrogens (tertiary/aromatic N) is 3. The van der Waals surface area contributed by atoms with Crippen molar-refractivity contribution in [3.63, 3.8) is 0 Å². The summed E-state index contributed by atoms with van der Waals surface area (Å²) >= 11 is 0. The van der Waals surface area contributed by atoms with Gasteiger partial charge in [0.05, 0.1) is 5.69 Å². The maximum atomic E-state index is 14.2. The zero-order chi connectivity index (χ0) is 18.7. The summed E-state index contributed by atoms with van der Waals surface area (Å²) in [6, 6.07) is 9.15. The molecule has 1 atom stereocenters. The number of benzene rings is 1. The van der Waals surface area contributed by atoms with Crippen LogP contribution in [0.5, 0.6) is 0 Å². The lowest BCUT2D eigenvalue weighted by Crippen LogP contribution is -2.22. The lowest BCUT2D eigenvalue weighted by Gasteiger charge is -2.16. The maximum absolute atomic E-state index is 14.2. The molecule has 1 aromatic carbocycles. The van der Waals surface area contributed by atoms with Crippen LogP contribution in [-0.2, 0) is 11.2 Å². The van der Waals surface area contributed by atoms with E-state index < -0.39 is 0 Å². The molecule has 0 spiro atoms. The number of aryl methyl sites for hydroxylation is 1. The first-order valence-corrected chi connectivity index (χ1v) is 9.27. The highest BCUT2D eigenvalue weighted by Gasteiger charge is 2.26. The van der Waals surface area contributed by atoms with Gasteiger partial charge in [-0.3, -0.25) is 4.79 Å². The number of carbonyl (C=O) groups excluding carboxylic acids is 1. The maximum Gasteiger partial charge on any atom is 0.151 e. The number of aromatic nitrogens is 2. The minimum absolute atomic E-state index is 0.100. The number of ketones is 1. The van der Waals surface area contributed by atoms with Gasteiger partial charge >= 0.3 is 0 Å². The van der Waals surface area contributed by atoms with Crippen LogP contribution in [0.3, 0.4) is 0 Å². The smallest absolute Gasteiger partial charge is 0.151 e. The fourth-order valence-electron chi connectivity index (χ4n) is 3.44. The molecule has 0 aliphatic carbocycles. The molecule has 0 radical (unpaired) electrons. The SMILES string of the molecule is Cc1ccc(N2CC[C@H](CC(=O)Cc3ccc(C(C)C)cc3F)C2)nn1. The van der Waals surface area contributed by atoms with Crippen molar-refractivity contribution in [2.75, 3.05) is 18.0 Å². The van der Waals surface area contributed by atoms with Crippen molar-refractivity contribution in [2.45, 2.75) is 46.0 Å². The second-order valence-electron chi connectivity index (χ2n) is 7.56. The van der Waals surface area contributed by atoms with Crippen molar-refractivity contribution in [2.24, 2.45) is 5.92 Å². The van der Waals surface area contributed by atoms with E-state index in [0.29, 0.717) is 17.9 Å². The van der Waals surface area contributed by atoms with Crippen molar-refractivity contribution in [1.29, 1.82) is 0 Å². The van der Waals surface area contributed by atoms with Gasteiger partial charge in [-0.15, -0.1) is 5.10 Å². The Kier molecular flexibility index (Phi) is 5.64. The van der Waals surface area contributed by atoms with E-state index >= 15 is 0 Å². The molecule has 138 valence electrons. The Labute approximate surface area is 154 Å². The molecule has 0 amide bonds. The predicted octanol–water partition coefficient (Wildman–Crippen LogP) is 4.08. The molecule has 26 heavy (non-hydrogen) atoms. The molecule has 1 aliphatic rings. The van der Waals surface area contributed by atoms with Crippen LogP contribution in [0.1, 0.15) is 49.4 Å². The van der Waals surface area contributed by atoms with Crippen molar-refractivity contribution in [3.8, 4) is 0 Å². The quantitative estimate of drug-likeness (QED) is 0.783. The van der Waals surface area contributed by atoms with Crippen LogP contribution in [0.2, 0.25) is 0 Å². The molecule has 0 saturated carbocycles. The molecule has 1 saturated heterocycles. The molecular formula is C21H26FN3O. The fourth-order valence-corrected chi connectivity index (χ4v) is 3.44. The van der Waals surface area contributed by atoms with Crippen LogP contribution in [0.15, 0.2) is 30.3 Å². The monoisotopic (exact) mass is 355 g/mol. The zero-order valence-electron chi connectivity index (χ0n) is 15.7. The molecule has 2 aromatic rings. The average Bonchev–Trinajstić information content (AvgIpc) is 3.05. The van der Waals surface area contributed by atoms with E-state index in [1.54, 1.807) is 12.1 Å². The van der Waals surface area contributed by atoms with Gasteiger partial charge in [0, 0.05) is 25.9 Å². The number of hydrogen-bond acceptors (Lipinski definition) is 4. The van der Waals surface area contributed by atoms with E-state index in [-0.39, 0.29) is 23.9 Å². The standard InChI is InChI=1S/C21H26FN3O/c1-14(2)17-5-6-18(20(22)12-17)11-19(26)10-16-8-9-25(13-16)21-7-4-15(3)23-24-21/h4-7,12,14,16H,8-11,13H2,1-3H3/t16-/m1/s1. The van der Waals surface area contributed by atoms with E-state index in [0.717, 1.165) is 36.6 Å². The number of anilines is 1. The predicted molar refractivity (Wildman–Crippen MR) is 101 cm³/mol. The highest BCUT2D eigenvalue weighted by molar-refractivity contribution is 5.81. The molecule has 5 heteroatoms. The molecule has 0 N–H and O–H groups in total. The van der Waals surface area contributed by atoms with Crippen molar-refractivity contribution in [1.82, 2.24) is 10.2 Å². The first kappa shape index (κ1) is 18.5. The highest BCUT2D eigenvalue weighted by Crippen LogP contribution is 2.25. The van der Waals surface area contributed by atoms with Gasteiger partial charge in [0.2, 0.25) is 0 Å². The van der Waals surface area contributed by atoms with Gasteiger partial charge in [-0.2, -0.15) is 5.10 Å². The summed E-state index contributed by atoms with van der Waals surface area (Å²) in [4.78, 5) is 14.6. The Balaban J connectivity index is 1.55. The molecule has 1 aliphatic heterocycles. The van der Waals surface area contributed by atoms with Crippen LogP contribution in [0, 0.1) is 18.7 Å². The summed E-state index contributed by atoms with van der Waals surface area (Å²) in [6.45, 7) is 7.66. The molecule has 0 bridgehead atoms. The Morgan fingerprint density at radius 3 is 2.73 bits per heavy atom. The normalized spacial score (nSPS) is 17.1. The van der Waals surface area contributed by atoms with E-state index in [2.05, 4.69) is 15.1 Å². The van der Waals surface area contributed by atoms with Gasteiger partial charge in [0.1, 0.15) is 11.6 Å². The Bertz CT molecular complexity index is 773.